The fourth-order valence-electron chi connectivity index (χ4n) is 0.790. The highest BCUT2D eigenvalue weighted by atomic mass is 79.9. The highest BCUT2D eigenvalue weighted by Crippen LogP contribution is 1.98. The van der Waals surface area contributed by atoms with Crippen molar-refractivity contribution in [3.63, 3.8) is 0 Å². The fraction of sp³-hybridized carbons (Fsp3) is 0.600. The van der Waals surface area contributed by atoms with Crippen LogP contribution in [0.2, 0.25) is 0 Å². The van der Waals surface area contributed by atoms with Gasteiger partial charge in [0.05, 0.1) is 0 Å². The van der Waals surface area contributed by atoms with Crippen molar-refractivity contribution >= 4 is 15.9 Å². The van der Waals surface area contributed by atoms with Gasteiger partial charge in [0, 0.05) is 5.33 Å². The molecule has 0 spiro atoms. The summed E-state index contributed by atoms with van der Waals surface area (Å²) < 4.78 is 0. The Hall–Kier alpha value is -0.0400. The van der Waals surface area contributed by atoms with Crippen LogP contribution in [-0.4, -0.2) is 5.33 Å². The van der Waals surface area contributed by atoms with Crippen molar-refractivity contribution in [3.8, 4) is 0 Å². The van der Waals surface area contributed by atoms with Gasteiger partial charge in [0.1, 0.15) is 0 Å². The third kappa shape index (κ3) is 9.96. The van der Waals surface area contributed by atoms with Gasteiger partial charge in [-0.25, -0.2) is 0 Å². The average Bonchev–Trinajstić information content (AvgIpc) is 2.03. The van der Waals surface area contributed by atoms with Gasteiger partial charge >= 0.3 is 0 Å². The minimum absolute atomic E-state index is 1.12. The molecule has 0 rings (SSSR count). The summed E-state index contributed by atoms with van der Waals surface area (Å²) in [7, 11) is 0. The number of rotatable bonds is 6. The molecule has 0 aromatic heterocycles. The summed E-state index contributed by atoms with van der Waals surface area (Å²) >= 11 is 3.40. The van der Waals surface area contributed by atoms with Gasteiger partial charge in [-0.2, -0.15) is 0 Å². The Kier molecular flexibility index (Phi) is 9.92. The van der Waals surface area contributed by atoms with Gasteiger partial charge in [-0.15, -0.1) is 0 Å². The zero-order valence-electron chi connectivity index (χ0n) is 7.22. The fourth-order valence-corrected chi connectivity index (χ4v) is 1.11. The maximum atomic E-state index is 3.40. The van der Waals surface area contributed by atoms with Gasteiger partial charge in [-0.1, -0.05) is 40.2 Å². The van der Waals surface area contributed by atoms with Crippen molar-refractivity contribution in [2.45, 2.75) is 32.6 Å². The molecule has 64 valence electrons. The van der Waals surface area contributed by atoms with E-state index in [0.29, 0.717) is 0 Å². The molecule has 0 radical (unpaired) electrons. The molecule has 0 unspecified atom stereocenters. The van der Waals surface area contributed by atoms with Crippen LogP contribution < -0.4 is 0 Å². The summed E-state index contributed by atoms with van der Waals surface area (Å²) in [5.74, 6) is 0. The normalized spacial score (nSPS) is 11.8. The van der Waals surface area contributed by atoms with E-state index in [4.69, 9.17) is 0 Å². The Morgan fingerprint density at radius 1 is 1.00 bits per heavy atom. The van der Waals surface area contributed by atoms with E-state index in [-0.39, 0.29) is 0 Å². The molecule has 0 saturated heterocycles. The lowest BCUT2D eigenvalue weighted by Gasteiger charge is -1.87. The Bertz CT molecular complexity index is 114. The van der Waals surface area contributed by atoms with Gasteiger partial charge < -0.3 is 0 Å². The number of unbranched alkanes of at least 4 members (excludes halogenated alkanes) is 2. The molecule has 0 fully saturated rings. The maximum absolute atomic E-state index is 3.40. The van der Waals surface area contributed by atoms with Crippen molar-refractivity contribution in [2.24, 2.45) is 0 Å². The monoisotopic (exact) mass is 216 g/mol. The van der Waals surface area contributed by atoms with Crippen LogP contribution in [0.25, 0.3) is 0 Å². The second-order valence-corrected chi connectivity index (χ2v) is 3.24. The smallest absolute Gasteiger partial charge is 0.00342 e. The second-order valence-electron chi connectivity index (χ2n) is 2.45. The molecule has 0 bridgehead atoms. The van der Waals surface area contributed by atoms with Gasteiger partial charge in [0.2, 0.25) is 0 Å². The molecule has 11 heavy (non-hydrogen) atoms. The topological polar surface area (TPSA) is 0 Å². The Morgan fingerprint density at radius 3 is 2.27 bits per heavy atom. The molecule has 0 amide bonds. The molecule has 0 nitrogen and oxygen atoms in total. The first-order valence-corrected chi connectivity index (χ1v) is 5.36. The molecular weight excluding hydrogens is 200 g/mol. The molecule has 0 heterocycles. The van der Waals surface area contributed by atoms with Crippen molar-refractivity contribution in [3.05, 3.63) is 24.3 Å². The first-order valence-electron chi connectivity index (χ1n) is 4.24. The average molecular weight is 217 g/mol. The van der Waals surface area contributed by atoms with E-state index in [1.807, 2.05) is 0 Å². The number of alkyl halides is 1. The van der Waals surface area contributed by atoms with Crippen LogP contribution in [0.1, 0.15) is 32.6 Å². The van der Waals surface area contributed by atoms with E-state index < -0.39 is 0 Å². The summed E-state index contributed by atoms with van der Waals surface area (Å²) in [6, 6.07) is 0. The van der Waals surface area contributed by atoms with E-state index in [0.717, 1.165) is 5.33 Å². The van der Waals surface area contributed by atoms with E-state index >= 15 is 0 Å². The molecule has 0 aromatic rings. The Balaban J connectivity index is 3.03. The summed E-state index contributed by atoms with van der Waals surface area (Å²) in [5, 5.41) is 1.12. The number of hydrogen-bond acceptors (Lipinski definition) is 0. The summed E-state index contributed by atoms with van der Waals surface area (Å²) in [4.78, 5) is 0. The predicted octanol–water partition coefficient (Wildman–Crippen LogP) is 4.07. The minimum Gasteiger partial charge on any atom is -0.0928 e. The van der Waals surface area contributed by atoms with Crippen molar-refractivity contribution < 1.29 is 0 Å². The standard InChI is InChI=1S/C10H17Br/c1-2-3-4-5-6-7-8-9-10-11/h2-3,6-7H,4-5,8-10H2,1H3/b3-2+,7-6+. The van der Waals surface area contributed by atoms with Crippen LogP contribution in [-0.2, 0) is 0 Å². The maximum Gasteiger partial charge on any atom is 0.00342 e. The van der Waals surface area contributed by atoms with E-state index in [1.54, 1.807) is 0 Å². The second kappa shape index (κ2) is 9.96. The lowest BCUT2D eigenvalue weighted by Crippen LogP contribution is -1.70. The summed E-state index contributed by atoms with van der Waals surface area (Å²) in [6.45, 7) is 2.06. The Labute approximate surface area is 78.5 Å². The zero-order chi connectivity index (χ0) is 8.36. The van der Waals surface area contributed by atoms with E-state index in [1.165, 1.54) is 25.7 Å². The van der Waals surface area contributed by atoms with E-state index in [9.17, 15) is 0 Å². The lowest BCUT2D eigenvalue weighted by atomic mass is 10.2. The van der Waals surface area contributed by atoms with Crippen molar-refractivity contribution in [1.29, 1.82) is 0 Å². The van der Waals surface area contributed by atoms with Gasteiger partial charge in [-0.3, -0.25) is 0 Å². The summed E-state index contributed by atoms with van der Waals surface area (Å²) in [6.07, 6.45) is 13.7. The molecule has 0 aliphatic rings. The first kappa shape index (κ1) is 11.0. The molecule has 0 aromatic carbocycles. The summed E-state index contributed by atoms with van der Waals surface area (Å²) in [5.41, 5.74) is 0. The highest BCUT2D eigenvalue weighted by Gasteiger charge is 1.78. The molecule has 0 N–H and O–H groups in total. The van der Waals surface area contributed by atoms with Crippen molar-refractivity contribution in [2.75, 3.05) is 5.33 Å². The largest absolute Gasteiger partial charge is 0.0928 e. The predicted molar refractivity (Wildman–Crippen MR) is 56.2 cm³/mol. The van der Waals surface area contributed by atoms with Crippen LogP contribution in [0.4, 0.5) is 0 Å². The van der Waals surface area contributed by atoms with Crippen LogP contribution in [0, 0.1) is 0 Å². The first-order chi connectivity index (χ1) is 5.41. The SMILES string of the molecule is C/C=C/CC/C=C/CCCBr. The molecule has 0 aliphatic carbocycles. The van der Waals surface area contributed by atoms with Gasteiger partial charge in [0.15, 0.2) is 0 Å². The number of halogens is 1. The van der Waals surface area contributed by atoms with Gasteiger partial charge in [-0.05, 0) is 32.6 Å². The highest BCUT2D eigenvalue weighted by molar-refractivity contribution is 9.09. The van der Waals surface area contributed by atoms with Gasteiger partial charge in [0.25, 0.3) is 0 Å². The van der Waals surface area contributed by atoms with Crippen LogP contribution >= 0.6 is 15.9 Å². The molecule has 1 heteroatoms. The zero-order valence-corrected chi connectivity index (χ0v) is 8.81. The Morgan fingerprint density at radius 2 is 1.64 bits per heavy atom. The third-order valence-corrected chi connectivity index (χ3v) is 1.97. The van der Waals surface area contributed by atoms with E-state index in [2.05, 4.69) is 47.2 Å². The minimum atomic E-state index is 1.12. The van der Waals surface area contributed by atoms with Crippen LogP contribution in [0.3, 0.4) is 0 Å². The van der Waals surface area contributed by atoms with Crippen molar-refractivity contribution in [1.82, 2.24) is 0 Å². The number of hydrogen-bond donors (Lipinski definition) is 0. The van der Waals surface area contributed by atoms with Crippen LogP contribution in [0.5, 0.6) is 0 Å². The lowest BCUT2D eigenvalue weighted by molar-refractivity contribution is 0.959. The molecular formula is C10H17Br. The quantitative estimate of drug-likeness (QED) is 0.357. The number of allylic oxidation sites excluding steroid dienone is 4. The molecule has 0 saturated carbocycles. The third-order valence-electron chi connectivity index (χ3n) is 1.41. The van der Waals surface area contributed by atoms with Crippen LogP contribution in [0.15, 0.2) is 24.3 Å². The molecule has 0 aliphatic heterocycles. The molecule has 0 atom stereocenters.